The normalized spacial score (nSPS) is 16.3. The summed E-state index contributed by atoms with van der Waals surface area (Å²) in [6.07, 6.45) is 3.87. The van der Waals surface area contributed by atoms with Crippen molar-refractivity contribution in [3.8, 4) is 5.75 Å². The molecule has 0 amide bonds. The third-order valence-corrected chi connectivity index (χ3v) is 3.85. The fourth-order valence-corrected chi connectivity index (χ4v) is 2.59. The highest BCUT2D eigenvalue weighted by Crippen LogP contribution is 2.39. The Kier molecular flexibility index (Phi) is 5.67. The van der Waals surface area contributed by atoms with Gasteiger partial charge in [0.15, 0.2) is 0 Å². The lowest BCUT2D eigenvalue weighted by molar-refractivity contribution is 0.197. The van der Waals surface area contributed by atoms with Crippen LogP contribution < -0.4 is 10.1 Å². The first-order valence-electron chi connectivity index (χ1n) is 7.16. The lowest BCUT2D eigenvalue weighted by Crippen LogP contribution is -2.28. The molecule has 1 saturated carbocycles. The molecule has 1 aromatic carbocycles. The molecule has 106 valence electrons. The zero-order valence-electron chi connectivity index (χ0n) is 12.0. The maximum absolute atomic E-state index is 5.45. The molecule has 1 unspecified atom stereocenters. The van der Waals surface area contributed by atoms with Crippen molar-refractivity contribution in [2.75, 3.05) is 33.9 Å². The average Bonchev–Trinajstić information content (AvgIpc) is 3.27. The maximum Gasteiger partial charge on any atom is 0.122 e. The Balaban J connectivity index is 1.89. The van der Waals surface area contributed by atoms with E-state index in [4.69, 9.17) is 9.47 Å². The van der Waals surface area contributed by atoms with Gasteiger partial charge in [-0.2, -0.15) is 0 Å². The van der Waals surface area contributed by atoms with Crippen molar-refractivity contribution in [3.63, 3.8) is 0 Å². The van der Waals surface area contributed by atoms with Crippen LogP contribution in [0.1, 0.15) is 18.4 Å². The lowest BCUT2D eigenvalue weighted by atomic mass is 9.94. The van der Waals surface area contributed by atoms with E-state index in [-0.39, 0.29) is 0 Å². The van der Waals surface area contributed by atoms with Gasteiger partial charge in [-0.05, 0) is 49.3 Å². The number of rotatable bonds is 9. The summed E-state index contributed by atoms with van der Waals surface area (Å²) in [4.78, 5) is 0. The van der Waals surface area contributed by atoms with Crippen LogP contribution in [0.15, 0.2) is 24.3 Å². The van der Waals surface area contributed by atoms with Gasteiger partial charge in [-0.25, -0.2) is 0 Å². The summed E-state index contributed by atoms with van der Waals surface area (Å²) < 4.78 is 10.5. The Hall–Kier alpha value is -1.06. The predicted molar refractivity (Wildman–Crippen MR) is 77.7 cm³/mol. The molecule has 0 radical (unpaired) electrons. The van der Waals surface area contributed by atoms with E-state index in [1.807, 2.05) is 6.07 Å². The fraction of sp³-hybridized carbons (Fsp3) is 0.625. The molecule has 1 aliphatic rings. The van der Waals surface area contributed by atoms with Crippen LogP contribution in [0.2, 0.25) is 0 Å². The number of nitrogens with one attached hydrogen (secondary N) is 1. The third kappa shape index (κ3) is 4.51. The van der Waals surface area contributed by atoms with E-state index in [1.54, 1.807) is 14.2 Å². The van der Waals surface area contributed by atoms with Crippen molar-refractivity contribution < 1.29 is 9.47 Å². The summed E-state index contributed by atoms with van der Waals surface area (Å²) in [5.74, 6) is 2.62. The predicted octanol–water partition coefficient (Wildman–Crippen LogP) is 2.50. The highest BCUT2D eigenvalue weighted by molar-refractivity contribution is 5.33. The second-order valence-corrected chi connectivity index (χ2v) is 5.31. The third-order valence-electron chi connectivity index (χ3n) is 3.85. The van der Waals surface area contributed by atoms with E-state index in [0.29, 0.717) is 5.92 Å². The molecule has 3 heteroatoms. The van der Waals surface area contributed by atoms with Gasteiger partial charge in [-0.3, -0.25) is 0 Å². The van der Waals surface area contributed by atoms with Gasteiger partial charge in [0.1, 0.15) is 5.75 Å². The minimum Gasteiger partial charge on any atom is -0.496 e. The van der Waals surface area contributed by atoms with E-state index in [2.05, 4.69) is 23.5 Å². The first-order chi connectivity index (χ1) is 9.35. The molecular formula is C16H25NO2. The molecule has 0 bridgehead atoms. The minimum atomic E-state index is 0.716. The van der Waals surface area contributed by atoms with Crippen LogP contribution in [0.25, 0.3) is 0 Å². The number of benzene rings is 1. The van der Waals surface area contributed by atoms with Gasteiger partial charge in [0.25, 0.3) is 0 Å². The molecule has 0 aliphatic heterocycles. The van der Waals surface area contributed by atoms with Crippen LogP contribution in [-0.4, -0.2) is 33.9 Å². The first-order valence-corrected chi connectivity index (χ1v) is 7.16. The number of hydrogen-bond acceptors (Lipinski definition) is 3. The van der Waals surface area contributed by atoms with Crippen LogP contribution in [-0.2, 0) is 11.2 Å². The summed E-state index contributed by atoms with van der Waals surface area (Å²) in [6, 6.07) is 8.37. The molecule has 0 heterocycles. The van der Waals surface area contributed by atoms with Gasteiger partial charge in [0.2, 0.25) is 0 Å². The standard InChI is InChI=1S/C16H25NO2/c1-18-10-9-17-12-15(13-7-8-13)11-14-5-3-4-6-16(14)19-2/h3-6,13,15,17H,7-12H2,1-2H3. The van der Waals surface area contributed by atoms with Crippen LogP contribution in [0.3, 0.4) is 0 Å². The van der Waals surface area contributed by atoms with E-state index in [0.717, 1.165) is 37.8 Å². The molecule has 1 atom stereocenters. The minimum absolute atomic E-state index is 0.716. The van der Waals surface area contributed by atoms with Gasteiger partial charge >= 0.3 is 0 Å². The maximum atomic E-state index is 5.45. The molecule has 1 aliphatic carbocycles. The van der Waals surface area contributed by atoms with Crippen LogP contribution in [0.5, 0.6) is 5.75 Å². The smallest absolute Gasteiger partial charge is 0.122 e. The molecule has 1 aromatic rings. The molecular weight excluding hydrogens is 238 g/mol. The highest BCUT2D eigenvalue weighted by atomic mass is 16.5. The van der Waals surface area contributed by atoms with E-state index >= 15 is 0 Å². The van der Waals surface area contributed by atoms with E-state index < -0.39 is 0 Å². The summed E-state index contributed by atoms with van der Waals surface area (Å²) in [6.45, 7) is 2.80. The molecule has 19 heavy (non-hydrogen) atoms. The van der Waals surface area contributed by atoms with Crippen molar-refractivity contribution in [3.05, 3.63) is 29.8 Å². The summed E-state index contributed by atoms with van der Waals surface area (Å²) in [5, 5.41) is 3.50. The Bertz CT molecular complexity index is 377. The van der Waals surface area contributed by atoms with Crippen molar-refractivity contribution in [1.82, 2.24) is 5.32 Å². The van der Waals surface area contributed by atoms with Gasteiger partial charge in [-0.15, -0.1) is 0 Å². The van der Waals surface area contributed by atoms with Gasteiger partial charge in [-0.1, -0.05) is 18.2 Å². The van der Waals surface area contributed by atoms with Crippen LogP contribution >= 0.6 is 0 Å². The average molecular weight is 263 g/mol. The molecule has 3 nitrogen and oxygen atoms in total. The summed E-state index contributed by atoms with van der Waals surface area (Å²) >= 11 is 0. The SMILES string of the molecule is COCCNCC(Cc1ccccc1OC)C1CC1. The van der Waals surface area contributed by atoms with Gasteiger partial charge in [0, 0.05) is 13.7 Å². The second-order valence-electron chi connectivity index (χ2n) is 5.31. The van der Waals surface area contributed by atoms with Gasteiger partial charge in [0.05, 0.1) is 13.7 Å². The molecule has 2 rings (SSSR count). The monoisotopic (exact) mass is 263 g/mol. The van der Waals surface area contributed by atoms with Crippen molar-refractivity contribution >= 4 is 0 Å². The van der Waals surface area contributed by atoms with E-state index in [9.17, 15) is 0 Å². The molecule has 0 saturated heterocycles. The summed E-state index contributed by atoms with van der Waals surface area (Å²) in [5.41, 5.74) is 1.33. The van der Waals surface area contributed by atoms with Crippen molar-refractivity contribution in [1.29, 1.82) is 0 Å². The topological polar surface area (TPSA) is 30.5 Å². The molecule has 1 N–H and O–H groups in total. The highest BCUT2D eigenvalue weighted by Gasteiger charge is 2.31. The first kappa shape index (κ1) is 14.4. The fourth-order valence-electron chi connectivity index (χ4n) is 2.59. The Morgan fingerprint density at radius 1 is 1.26 bits per heavy atom. The molecule has 1 fully saturated rings. The quantitative estimate of drug-likeness (QED) is 0.694. The van der Waals surface area contributed by atoms with Crippen molar-refractivity contribution in [2.24, 2.45) is 11.8 Å². The van der Waals surface area contributed by atoms with Gasteiger partial charge < -0.3 is 14.8 Å². The second kappa shape index (κ2) is 7.51. The Labute approximate surface area is 116 Å². The van der Waals surface area contributed by atoms with Crippen molar-refractivity contribution in [2.45, 2.75) is 19.3 Å². The van der Waals surface area contributed by atoms with Crippen LogP contribution in [0, 0.1) is 11.8 Å². The number of hydrogen-bond donors (Lipinski definition) is 1. The zero-order valence-corrected chi connectivity index (χ0v) is 12.0. The Morgan fingerprint density at radius 3 is 2.74 bits per heavy atom. The van der Waals surface area contributed by atoms with Crippen LogP contribution in [0.4, 0.5) is 0 Å². The number of ether oxygens (including phenoxy) is 2. The number of para-hydroxylation sites is 1. The zero-order chi connectivity index (χ0) is 13.5. The molecule has 0 aromatic heterocycles. The Morgan fingerprint density at radius 2 is 2.05 bits per heavy atom. The number of methoxy groups -OCH3 is 2. The molecule has 0 spiro atoms. The lowest BCUT2D eigenvalue weighted by Gasteiger charge is -2.18. The largest absolute Gasteiger partial charge is 0.496 e. The van der Waals surface area contributed by atoms with E-state index in [1.165, 1.54) is 18.4 Å². The summed E-state index contributed by atoms with van der Waals surface area (Å²) in [7, 11) is 3.50.